The van der Waals surface area contributed by atoms with Crippen LogP contribution in [0.2, 0.25) is 0 Å². The summed E-state index contributed by atoms with van der Waals surface area (Å²) in [5.74, 6) is 0.191. The predicted molar refractivity (Wildman–Crippen MR) is 98.2 cm³/mol. The first kappa shape index (κ1) is 16.6. The van der Waals surface area contributed by atoms with Crippen LogP contribution in [-0.2, 0) is 13.0 Å². The van der Waals surface area contributed by atoms with Gasteiger partial charge in [-0.05, 0) is 43.5 Å². The molecule has 0 spiro atoms. The number of aromatic nitrogens is 2. The molecule has 1 fully saturated rings. The van der Waals surface area contributed by atoms with E-state index < -0.39 is 5.91 Å². The maximum absolute atomic E-state index is 12.9. The average molecular weight is 353 g/mol. The number of carbonyl (C=O) groups is 2. The van der Waals surface area contributed by atoms with Gasteiger partial charge in [-0.25, -0.2) is 4.98 Å². The molecule has 0 saturated carbocycles. The number of benzene rings is 1. The van der Waals surface area contributed by atoms with Crippen LogP contribution in [0.1, 0.15) is 39.5 Å². The van der Waals surface area contributed by atoms with Crippen LogP contribution >= 0.6 is 0 Å². The number of hydrogen-bond acceptors (Lipinski definition) is 4. The summed E-state index contributed by atoms with van der Waals surface area (Å²) in [5.41, 5.74) is 8.01. The lowest BCUT2D eigenvalue weighted by atomic mass is 10.1. The van der Waals surface area contributed by atoms with Crippen molar-refractivity contribution in [2.45, 2.75) is 25.8 Å². The highest BCUT2D eigenvalue weighted by Gasteiger charge is 2.27. The highest BCUT2D eigenvalue weighted by Crippen LogP contribution is 2.20. The fraction of sp³-hybridized carbons (Fsp3) is 0.421. The van der Waals surface area contributed by atoms with Crippen LogP contribution < -0.4 is 10.6 Å². The number of hydrogen-bond donors (Lipinski definition) is 1. The molecule has 26 heavy (non-hydrogen) atoms. The van der Waals surface area contributed by atoms with E-state index in [4.69, 9.17) is 5.73 Å². The summed E-state index contributed by atoms with van der Waals surface area (Å²) in [6.45, 7) is 3.74. The van der Waals surface area contributed by atoms with Crippen molar-refractivity contribution in [2.75, 3.05) is 31.1 Å². The summed E-state index contributed by atoms with van der Waals surface area (Å²) in [5, 5.41) is 0. The predicted octanol–water partition coefficient (Wildman–Crippen LogP) is 1.28. The second-order valence-electron chi connectivity index (χ2n) is 6.87. The lowest BCUT2D eigenvalue weighted by Gasteiger charge is -2.36. The van der Waals surface area contributed by atoms with Gasteiger partial charge in [-0.1, -0.05) is 0 Å². The lowest BCUT2D eigenvalue weighted by Crippen LogP contribution is -2.49. The quantitative estimate of drug-likeness (QED) is 0.901. The SMILES string of the molecule is NC(=O)c1ccc(N2CCN(C(=O)c3ncc4n3CCCC4)CC2)cc1. The van der Waals surface area contributed by atoms with Crippen molar-refractivity contribution in [3.63, 3.8) is 0 Å². The van der Waals surface area contributed by atoms with Crippen molar-refractivity contribution in [1.29, 1.82) is 0 Å². The highest BCUT2D eigenvalue weighted by molar-refractivity contribution is 5.93. The van der Waals surface area contributed by atoms with Gasteiger partial charge in [-0.15, -0.1) is 0 Å². The molecule has 4 rings (SSSR count). The summed E-state index contributed by atoms with van der Waals surface area (Å²) >= 11 is 0. The first-order valence-electron chi connectivity index (χ1n) is 9.12. The van der Waals surface area contributed by atoms with Crippen LogP contribution in [0.25, 0.3) is 0 Å². The molecule has 2 aromatic rings. The third kappa shape index (κ3) is 3.05. The number of imidazole rings is 1. The molecule has 7 nitrogen and oxygen atoms in total. The van der Waals surface area contributed by atoms with Crippen LogP contribution in [-0.4, -0.2) is 52.4 Å². The molecule has 1 aromatic heterocycles. The van der Waals surface area contributed by atoms with Gasteiger partial charge < -0.3 is 20.1 Å². The van der Waals surface area contributed by atoms with Crippen LogP contribution in [0.4, 0.5) is 5.69 Å². The van der Waals surface area contributed by atoms with Gasteiger partial charge in [0.25, 0.3) is 5.91 Å². The van der Waals surface area contributed by atoms with Crippen molar-refractivity contribution in [3.8, 4) is 0 Å². The highest BCUT2D eigenvalue weighted by atomic mass is 16.2. The molecule has 0 atom stereocenters. The molecule has 136 valence electrons. The number of piperazine rings is 1. The molecule has 0 radical (unpaired) electrons. The van der Waals surface area contributed by atoms with E-state index in [9.17, 15) is 9.59 Å². The van der Waals surface area contributed by atoms with Crippen molar-refractivity contribution in [2.24, 2.45) is 5.73 Å². The Morgan fingerprint density at radius 1 is 0.962 bits per heavy atom. The number of nitrogens with two attached hydrogens (primary N) is 1. The first-order chi connectivity index (χ1) is 12.6. The molecular weight excluding hydrogens is 330 g/mol. The van der Waals surface area contributed by atoms with E-state index in [2.05, 4.69) is 14.5 Å². The number of anilines is 1. The van der Waals surface area contributed by atoms with E-state index in [1.165, 1.54) is 12.1 Å². The number of primary amides is 1. The lowest BCUT2D eigenvalue weighted by molar-refractivity contribution is 0.0728. The van der Waals surface area contributed by atoms with E-state index in [0.29, 0.717) is 24.5 Å². The number of rotatable bonds is 3. The Balaban J connectivity index is 1.41. The molecule has 2 aliphatic rings. The standard InChI is InChI=1S/C19H23N5O2/c20-17(25)14-4-6-15(7-5-14)22-9-11-23(12-10-22)19(26)18-21-13-16-3-1-2-8-24(16)18/h4-7,13H,1-3,8-12H2,(H2,20,25). The second-order valence-corrected chi connectivity index (χ2v) is 6.87. The van der Waals surface area contributed by atoms with Gasteiger partial charge in [0.1, 0.15) is 0 Å². The van der Waals surface area contributed by atoms with Gasteiger partial charge in [-0.2, -0.15) is 0 Å². The number of amides is 2. The Labute approximate surface area is 152 Å². The molecule has 1 aromatic carbocycles. The molecule has 1 saturated heterocycles. The van der Waals surface area contributed by atoms with Crippen molar-refractivity contribution in [1.82, 2.24) is 14.5 Å². The molecule has 2 amide bonds. The van der Waals surface area contributed by atoms with Crippen molar-refractivity contribution < 1.29 is 9.59 Å². The van der Waals surface area contributed by atoms with E-state index in [1.54, 1.807) is 12.1 Å². The number of fused-ring (bicyclic) bond motifs is 1. The zero-order valence-electron chi connectivity index (χ0n) is 14.7. The summed E-state index contributed by atoms with van der Waals surface area (Å²) in [6, 6.07) is 7.29. The average Bonchev–Trinajstić information content (AvgIpc) is 3.12. The summed E-state index contributed by atoms with van der Waals surface area (Å²) in [6.07, 6.45) is 5.14. The Hall–Kier alpha value is -2.83. The number of aryl methyl sites for hydroxylation is 1. The molecule has 2 N–H and O–H groups in total. The Morgan fingerprint density at radius 3 is 2.38 bits per heavy atom. The monoisotopic (exact) mass is 353 g/mol. The van der Waals surface area contributed by atoms with Crippen LogP contribution in [0.5, 0.6) is 0 Å². The summed E-state index contributed by atoms with van der Waals surface area (Å²) < 4.78 is 2.08. The summed E-state index contributed by atoms with van der Waals surface area (Å²) in [7, 11) is 0. The summed E-state index contributed by atoms with van der Waals surface area (Å²) in [4.78, 5) is 32.5. The number of nitrogens with zero attached hydrogens (tertiary/aromatic N) is 4. The smallest absolute Gasteiger partial charge is 0.289 e. The third-order valence-corrected chi connectivity index (χ3v) is 5.28. The van der Waals surface area contributed by atoms with E-state index in [-0.39, 0.29) is 5.91 Å². The van der Waals surface area contributed by atoms with Crippen LogP contribution in [0.15, 0.2) is 30.5 Å². The Kier molecular flexibility index (Phi) is 4.36. The van der Waals surface area contributed by atoms with E-state index in [0.717, 1.165) is 38.2 Å². The van der Waals surface area contributed by atoms with Gasteiger partial charge in [0.15, 0.2) is 5.82 Å². The fourth-order valence-corrected chi connectivity index (χ4v) is 3.75. The molecule has 7 heteroatoms. The van der Waals surface area contributed by atoms with Crippen LogP contribution in [0.3, 0.4) is 0 Å². The zero-order valence-corrected chi connectivity index (χ0v) is 14.7. The van der Waals surface area contributed by atoms with Gasteiger partial charge in [0.05, 0.1) is 0 Å². The van der Waals surface area contributed by atoms with Crippen molar-refractivity contribution >= 4 is 17.5 Å². The molecule has 0 unspecified atom stereocenters. The molecule has 0 bridgehead atoms. The molecular formula is C19H23N5O2. The minimum absolute atomic E-state index is 0.0295. The van der Waals surface area contributed by atoms with Gasteiger partial charge >= 0.3 is 0 Å². The third-order valence-electron chi connectivity index (χ3n) is 5.28. The zero-order chi connectivity index (χ0) is 18.1. The van der Waals surface area contributed by atoms with E-state index in [1.807, 2.05) is 23.2 Å². The Bertz CT molecular complexity index is 819. The molecule has 3 heterocycles. The van der Waals surface area contributed by atoms with Crippen LogP contribution in [0, 0.1) is 0 Å². The maximum Gasteiger partial charge on any atom is 0.289 e. The number of carbonyl (C=O) groups excluding carboxylic acids is 2. The minimum atomic E-state index is -0.421. The van der Waals surface area contributed by atoms with Gasteiger partial charge in [-0.3, -0.25) is 9.59 Å². The topological polar surface area (TPSA) is 84.5 Å². The minimum Gasteiger partial charge on any atom is -0.368 e. The fourth-order valence-electron chi connectivity index (χ4n) is 3.75. The normalized spacial score (nSPS) is 17.1. The molecule has 2 aliphatic heterocycles. The van der Waals surface area contributed by atoms with Crippen molar-refractivity contribution in [3.05, 3.63) is 47.5 Å². The Morgan fingerprint density at radius 2 is 1.69 bits per heavy atom. The van der Waals surface area contributed by atoms with Gasteiger partial charge in [0.2, 0.25) is 5.91 Å². The maximum atomic E-state index is 12.9. The van der Waals surface area contributed by atoms with Gasteiger partial charge in [0, 0.05) is 55.9 Å². The second kappa shape index (κ2) is 6.82. The largest absolute Gasteiger partial charge is 0.368 e. The van der Waals surface area contributed by atoms with E-state index >= 15 is 0 Å². The molecule has 0 aliphatic carbocycles. The first-order valence-corrected chi connectivity index (χ1v) is 9.12.